The van der Waals surface area contributed by atoms with Crippen LogP contribution in [-0.4, -0.2) is 73.7 Å². The Kier molecular flexibility index (Phi) is 4.98. The summed E-state index contributed by atoms with van der Waals surface area (Å²) in [7, 11) is 4.50. The van der Waals surface area contributed by atoms with Crippen molar-refractivity contribution in [3.8, 4) is 0 Å². The van der Waals surface area contributed by atoms with E-state index in [0.29, 0.717) is 17.5 Å². The molecule has 0 aromatic carbocycles. The maximum Gasteiger partial charge on any atom is 0.0345 e. The van der Waals surface area contributed by atoms with Crippen LogP contribution in [0, 0.1) is 5.41 Å². The Morgan fingerprint density at radius 3 is 2.78 bits per heavy atom. The van der Waals surface area contributed by atoms with Gasteiger partial charge in [-0.15, -0.1) is 0 Å². The second-order valence-electron chi connectivity index (χ2n) is 6.89. The molecule has 2 aliphatic heterocycles. The average molecular weight is 271 g/mol. The molecule has 2 rings (SSSR count). The van der Waals surface area contributed by atoms with Crippen LogP contribution in [0.3, 0.4) is 0 Å². The minimum Gasteiger partial charge on any atom is -0.312 e. The second kappa shape index (κ2) is 6.12. The van der Waals surface area contributed by atoms with Gasteiger partial charge in [-0.2, -0.15) is 11.8 Å². The van der Waals surface area contributed by atoms with E-state index in [0.717, 1.165) is 6.54 Å². The summed E-state index contributed by atoms with van der Waals surface area (Å²) in [6.07, 6.45) is 1.33. The van der Waals surface area contributed by atoms with Gasteiger partial charge in [-0.25, -0.2) is 0 Å². The van der Waals surface area contributed by atoms with E-state index < -0.39 is 0 Å². The second-order valence-corrected chi connectivity index (χ2v) is 7.92. The normalized spacial score (nSPS) is 34.7. The maximum atomic E-state index is 3.81. The minimum atomic E-state index is 0.510. The summed E-state index contributed by atoms with van der Waals surface area (Å²) in [5.41, 5.74) is 0.510. The van der Waals surface area contributed by atoms with Crippen LogP contribution < -0.4 is 5.32 Å². The van der Waals surface area contributed by atoms with Gasteiger partial charge in [0.25, 0.3) is 0 Å². The van der Waals surface area contributed by atoms with E-state index in [-0.39, 0.29) is 0 Å². The molecule has 2 saturated heterocycles. The zero-order valence-electron chi connectivity index (χ0n) is 12.4. The van der Waals surface area contributed by atoms with Crippen LogP contribution in [0.4, 0.5) is 0 Å². The van der Waals surface area contributed by atoms with Crippen molar-refractivity contribution in [3.63, 3.8) is 0 Å². The summed E-state index contributed by atoms with van der Waals surface area (Å²) < 4.78 is 0. The van der Waals surface area contributed by atoms with Gasteiger partial charge in [0.1, 0.15) is 0 Å². The Balaban J connectivity index is 1.76. The highest BCUT2D eigenvalue weighted by molar-refractivity contribution is 7.99. The first kappa shape index (κ1) is 14.6. The molecular formula is C14H29N3S. The molecule has 2 heterocycles. The summed E-state index contributed by atoms with van der Waals surface area (Å²) >= 11 is 2.11. The van der Waals surface area contributed by atoms with Gasteiger partial charge < -0.3 is 10.2 Å². The Labute approximate surface area is 117 Å². The lowest BCUT2D eigenvalue weighted by atomic mass is 9.88. The van der Waals surface area contributed by atoms with Crippen LogP contribution in [0.25, 0.3) is 0 Å². The van der Waals surface area contributed by atoms with Crippen LogP contribution in [0.1, 0.15) is 20.3 Å². The van der Waals surface area contributed by atoms with Gasteiger partial charge >= 0.3 is 0 Å². The lowest BCUT2D eigenvalue weighted by Gasteiger charge is -2.40. The number of thioether (sulfide) groups is 1. The minimum absolute atomic E-state index is 0.510. The quantitative estimate of drug-likeness (QED) is 0.835. The third kappa shape index (κ3) is 4.12. The highest BCUT2D eigenvalue weighted by Crippen LogP contribution is 2.33. The van der Waals surface area contributed by atoms with Crippen LogP contribution in [0.2, 0.25) is 0 Å². The Hall–Kier alpha value is 0.230. The van der Waals surface area contributed by atoms with Crippen molar-refractivity contribution in [2.75, 3.05) is 51.8 Å². The van der Waals surface area contributed by atoms with Gasteiger partial charge in [0.2, 0.25) is 0 Å². The fourth-order valence-corrected chi connectivity index (χ4v) is 4.33. The zero-order valence-corrected chi connectivity index (χ0v) is 13.2. The lowest BCUT2D eigenvalue weighted by molar-refractivity contribution is 0.110. The average Bonchev–Trinajstić information content (AvgIpc) is 2.29. The highest BCUT2D eigenvalue weighted by Gasteiger charge is 2.29. The van der Waals surface area contributed by atoms with Gasteiger partial charge in [0.15, 0.2) is 0 Å². The van der Waals surface area contributed by atoms with Gasteiger partial charge in [0, 0.05) is 44.0 Å². The molecule has 0 spiro atoms. The first-order chi connectivity index (χ1) is 8.46. The molecule has 0 aromatic heterocycles. The van der Waals surface area contributed by atoms with Crippen LogP contribution in [-0.2, 0) is 0 Å². The first-order valence-electron chi connectivity index (χ1n) is 7.16. The lowest BCUT2D eigenvalue weighted by Crippen LogP contribution is -2.55. The molecule has 2 aliphatic rings. The molecule has 0 amide bonds. The number of nitrogens with zero attached hydrogens (tertiary/aromatic N) is 2. The van der Waals surface area contributed by atoms with E-state index in [2.05, 4.69) is 54.8 Å². The Morgan fingerprint density at radius 2 is 2.06 bits per heavy atom. The van der Waals surface area contributed by atoms with E-state index in [1.807, 2.05) is 0 Å². The fourth-order valence-electron chi connectivity index (χ4n) is 3.02. The predicted octanol–water partition coefficient (Wildman–Crippen LogP) is 1.35. The Morgan fingerprint density at radius 1 is 1.28 bits per heavy atom. The Bertz CT molecular complexity index is 270. The number of hydrogen-bond acceptors (Lipinski definition) is 4. The number of rotatable bonds is 3. The van der Waals surface area contributed by atoms with E-state index in [9.17, 15) is 0 Å². The number of likely N-dealkylation sites (N-methyl/N-ethyl adjacent to an activating group) is 2. The van der Waals surface area contributed by atoms with Gasteiger partial charge in [-0.1, -0.05) is 13.8 Å². The first-order valence-corrected chi connectivity index (χ1v) is 8.32. The standard InChI is InChI=1S/C14H29N3S/c1-14(2)7-12(10-18-11-14)15-8-13-9-16(3)5-6-17(13)4/h12-13,15H,5-11H2,1-4H3. The molecule has 1 N–H and O–H groups in total. The van der Waals surface area contributed by atoms with Gasteiger partial charge in [-0.3, -0.25) is 4.90 Å². The van der Waals surface area contributed by atoms with Crippen molar-refractivity contribution in [1.29, 1.82) is 0 Å². The van der Waals surface area contributed by atoms with Crippen molar-refractivity contribution < 1.29 is 0 Å². The molecule has 0 aromatic rings. The number of nitrogens with one attached hydrogen (secondary N) is 1. The summed E-state index contributed by atoms with van der Waals surface area (Å²) in [5, 5.41) is 3.81. The van der Waals surface area contributed by atoms with Gasteiger partial charge in [0.05, 0.1) is 0 Å². The third-order valence-electron chi connectivity index (χ3n) is 4.23. The summed E-state index contributed by atoms with van der Waals surface area (Å²) in [4.78, 5) is 4.96. The monoisotopic (exact) mass is 271 g/mol. The molecule has 4 heteroatoms. The molecule has 2 atom stereocenters. The predicted molar refractivity (Wildman–Crippen MR) is 81.4 cm³/mol. The zero-order chi connectivity index (χ0) is 13.2. The smallest absolute Gasteiger partial charge is 0.0345 e. The van der Waals surface area contributed by atoms with E-state index in [1.165, 1.54) is 37.6 Å². The van der Waals surface area contributed by atoms with E-state index >= 15 is 0 Å². The van der Waals surface area contributed by atoms with Crippen LogP contribution in [0.15, 0.2) is 0 Å². The molecule has 0 radical (unpaired) electrons. The molecule has 3 nitrogen and oxygen atoms in total. The molecule has 0 saturated carbocycles. The molecule has 0 aliphatic carbocycles. The van der Waals surface area contributed by atoms with E-state index in [4.69, 9.17) is 0 Å². The highest BCUT2D eigenvalue weighted by atomic mass is 32.2. The van der Waals surface area contributed by atoms with Crippen LogP contribution >= 0.6 is 11.8 Å². The molecule has 2 unspecified atom stereocenters. The van der Waals surface area contributed by atoms with Crippen molar-refractivity contribution in [2.45, 2.75) is 32.4 Å². The molecule has 106 valence electrons. The third-order valence-corrected chi connectivity index (χ3v) is 5.86. The maximum absolute atomic E-state index is 3.81. The number of piperazine rings is 1. The van der Waals surface area contributed by atoms with E-state index in [1.54, 1.807) is 0 Å². The topological polar surface area (TPSA) is 18.5 Å². The van der Waals surface area contributed by atoms with Crippen molar-refractivity contribution >= 4 is 11.8 Å². The van der Waals surface area contributed by atoms with Gasteiger partial charge in [-0.05, 0) is 31.7 Å². The SMILES string of the molecule is CN1CCN(C)C(CNC2CSCC(C)(C)C2)C1. The van der Waals surface area contributed by atoms with Crippen molar-refractivity contribution in [3.05, 3.63) is 0 Å². The summed E-state index contributed by atoms with van der Waals surface area (Å²) in [5.74, 6) is 2.60. The molecule has 0 bridgehead atoms. The van der Waals surface area contributed by atoms with Crippen LogP contribution in [0.5, 0.6) is 0 Å². The number of hydrogen-bond donors (Lipinski definition) is 1. The molecule has 2 fully saturated rings. The summed E-state index contributed by atoms with van der Waals surface area (Å²) in [6.45, 7) is 9.55. The fraction of sp³-hybridized carbons (Fsp3) is 1.00. The molecular weight excluding hydrogens is 242 g/mol. The largest absolute Gasteiger partial charge is 0.312 e. The van der Waals surface area contributed by atoms with Crippen molar-refractivity contribution in [1.82, 2.24) is 15.1 Å². The van der Waals surface area contributed by atoms with Crippen molar-refractivity contribution in [2.24, 2.45) is 5.41 Å². The summed E-state index contributed by atoms with van der Waals surface area (Å²) in [6, 6.07) is 1.39. The molecule has 18 heavy (non-hydrogen) atoms.